The van der Waals surface area contributed by atoms with E-state index in [1.807, 2.05) is 65.1 Å². The van der Waals surface area contributed by atoms with Crippen molar-refractivity contribution in [2.24, 2.45) is 0 Å². The van der Waals surface area contributed by atoms with Gasteiger partial charge < -0.3 is 19.7 Å². The van der Waals surface area contributed by atoms with Gasteiger partial charge in [-0.3, -0.25) is 0 Å². The molecule has 4 rings (SSSR count). The number of nitrogens with zero attached hydrogens (tertiary/aromatic N) is 5. The largest absolute Gasteiger partial charge is 0.481 e. The summed E-state index contributed by atoms with van der Waals surface area (Å²) >= 11 is 1.29. The Labute approximate surface area is 250 Å². The molecule has 222 valence electrons. The lowest BCUT2D eigenvalue weighted by atomic mass is 9.97. The number of anilines is 1. The van der Waals surface area contributed by atoms with Crippen molar-refractivity contribution in [1.29, 1.82) is 0 Å². The first-order valence-corrected chi connectivity index (χ1v) is 14.8. The molecule has 1 unspecified atom stereocenters. The Morgan fingerprint density at radius 1 is 1.14 bits per heavy atom. The van der Waals surface area contributed by atoms with Gasteiger partial charge in [-0.25, -0.2) is 29.1 Å². The third kappa shape index (κ3) is 6.11. The normalized spacial score (nSPS) is 13.1. The zero-order chi connectivity index (χ0) is 30.8. The van der Waals surface area contributed by atoms with E-state index < -0.39 is 23.1 Å². The maximum Gasteiger partial charge on any atom is 0.410 e. The Morgan fingerprint density at radius 2 is 1.86 bits per heavy atom. The Hall–Kier alpha value is -3.99. The number of rotatable bonds is 9. The molecule has 42 heavy (non-hydrogen) atoms. The fourth-order valence-corrected chi connectivity index (χ4v) is 4.83. The van der Waals surface area contributed by atoms with Gasteiger partial charge in [0.05, 0.1) is 23.7 Å². The van der Waals surface area contributed by atoms with Crippen molar-refractivity contribution in [3.05, 3.63) is 48.4 Å². The number of carbonyl (C=O) groups is 1. The van der Waals surface area contributed by atoms with Crippen LogP contribution in [0.4, 0.5) is 15.0 Å². The van der Waals surface area contributed by atoms with Crippen LogP contribution in [0.25, 0.3) is 39.1 Å². The van der Waals surface area contributed by atoms with E-state index >= 15 is 4.39 Å². The number of hydrogen-bond acceptors (Lipinski definition) is 9. The van der Waals surface area contributed by atoms with E-state index in [-0.39, 0.29) is 11.2 Å². The second-order valence-corrected chi connectivity index (χ2v) is 11.9. The molecule has 0 spiro atoms. The van der Waals surface area contributed by atoms with Crippen molar-refractivity contribution >= 4 is 51.4 Å². The molecular weight excluding hydrogens is 555 g/mol. The van der Waals surface area contributed by atoms with Gasteiger partial charge in [0.25, 0.3) is 0 Å². The summed E-state index contributed by atoms with van der Waals surface area (Å²) in [6.07, 6.45) is 3.55. The van der Waals surface area contributed by atoms with Crippen LogP contribution >= 0.6 is 11.8 Å². The van der Waals surface area contributed by atoms with E-state index in [4.69, 9.17) is 9.47 Å². The molecular formula is C31H37FN6O3S. The summed E-state index contributed by atoms with van der Waals surface area (Å²) in [5.74, 6) is 0.0947. The van der Waals surface area contributed by atoms with Gasteiger partial charge in [-0.15, -0.1) is 0 Å². The Morgan fingerprint density at radius 3 is 2.48 bits per heavy atom. The summed E-state index contributed by atoms with van der Waals surface area (Å²) in [6, 6.07) is 9.32. The number of nitrogens with one attached hydrogen (secondary N) is 1. The van der Waals surface area contributed by atoms with Crippen molar-refractivity contribution in [2.45, 2.75) is 57.3 Å². The van der Waals surface area contributed by atoms with E-state index in [1.165, 1.54) is 18.9 Å². The second kappa shape index (κ2) is 12.1. The smallest absolute Gasteiger partial charge is 0.410 e. The first kappa shape index (κ1) is 31.0. The van der Waals surface area contributed by atoms with Gasteiger partial charge in [0, 0.05) is 25.0 Å². The molecule has 1 N–H and O–H groups in total. The predicted octanol–water partition coefficient (Wildman–Crippen LogP) is 7.20. The van der Waals surface area contributed by atoms with Gasteiger partial charge in [0.1, 0.15) is 28.3 Å². The van der Waals surface area contributed by atoms with Crippen LogP contribution in [-0.4, -0.2) is 69.0 Å². The fourth-order valence-electron chi connectivity index (χ4n) is 4.47. The number of halogens is 1. The molecule has 1 atom stereocenters. The van der Waals surface area contributed by atoms with Crippen LogP contribution < -0.4 is 10.1 Å². The lowest BCUT2D eigenvalue weighted by molar-refractivity contribution is 0.00953. The third-order valence-electron chi connectivity index (χ3n) is 7.19. The van der Waals surface area contributed by atoms with Crippen LogP contribution in [0.15, 0.2) is 42.1 Å². The maximum absolute atomic E-state index is 16.5. The number of carbonyl (C=O) groups excluding carboxylic acids is 1. The number of aromatic nitrogens is 4. The number of hydrogen-bond donors (Lipinski definition) is 1. The number of benzene rings is 1. The standard InChI is InChI=1S/C31H37FN6O3S/c1-10-20-22-25(23(32)26(34-20)24-19-15-13-12-14-18(19)16-21(35-24)40-8)36-28(42-9)37-27(22)33-17-31(6,11-2)38(7)29(39)41-30(3,4)5/h10,12-16H,1,11,17H2,2-9H3,(H,33,36,37). The quantitative estimate of drug-likeness (QED) is 0.160. The molecule has 0 saturated heterocycles. The molecule has 0 aliphatic carbocycles. The summed E-state index contributed by atoms with van der Waals surface area (Å²) in [4.78, 5) is 32.9. The van der Waals surface area contributed by atoms with E-state index in [1.54, 1.807) is 24.1 Å². The summed E-state index contributed by atoms with van der Waals surface area (Å²) in [5.41, 5.74) is -0.432. The van der Waals surface area contributed by atoms with Gasteiger partial charge in [0.15, 0.2) is 11.0 Å². The number of thioether (sulfide) groups is 1. The van der Waals surface area contributed by atoms with E-state index in [0.717, 1.165) is 10.8 Å². The minimum absolute atomic E-state index is 0.0345. The highest BCUT2D eigenvalue weighted by molar-refractivity contribution is 7.98. The van der Waals surface area contributed by atoms with Crippen LogP contribution in [0, 0.1) is 5.82 Å². The van der Waals surface area contributed by atoms with Crippen LogP contribution in [0.2, 0.25) is 0 Å². The molecule has 0 radical (unpaired) electrons. The van der Waals surface area contributed by atoms with Gasteiger partial charge in [-0.1, -0.05) is 49.5 Å². The highest BCUT2D eigenvalue weighted by atomic mass is 32.2. The summed E-state index contributed by atoms with van der Waals surface area (Å²) in [7, 11) is 3.22. The first-order chi connectivity index (χ1) is 19.9. The Balaban J connectivity index is 1.86. The highest BCUT2D eigenvalue weighted by Gasteiger charge is 2.34. The minimum Gasteiger partial charge on any atom is -0.481 e. The van der Waals surface area contributed by atoms with Crippen molar-refractivity contribution in [3.8, 4) is 17.3 Å². The van der Waals surface area contributed by atoms with Gasteiger partial charge in [-0.2, -0.15) is 0 Å². The summed E-state index contributed by atoms with van der Waals surface area (Å²) < 4.78 is 27.5. The van der Waals surface area contributed by atoms with E-state index in [2.05, 4.69) is 31.8 Å². The molecule has 4 aromatic rings. The minimum atomic E-state index is -0.650. The average Bonchev–Trinajstić information content (AvgIpc) is 2.98. The number of likely N-dealkylation sites (N-methyl/N-ethyl adjacent to an activating group) is 1. The van der Waals surface area contributed by atoms with Crippen LogP contribution in [0.1, 0.15) is 46.7 Å². The van der Waals surface area contributed by atoms with Crippen LogP contribution in [-0.2, 0) is 4.74 Å². The zero-order valence-corrected chi connectivity index (χ0v) is 26.1. The number of methoxy groups -OCH3 is 1. The molecule has 0 bridgehead atoms. The van der Waals surface area contributed by atoms with E-state index in [0.29, 0.717) is 46.6 Å². The van der Waals surface area contributed by atoms with Gasteiger partial charge in [0.2, 0.25) is 5.88 Å². The van der Waals surface area contributed by atoms with Crippen molar-refractivity contribution in [2.75, 3.05) is 32.3 Å². The number of amides is 1. The number of fused-ring (bicyclic) bond motifs is 2. The zero-order valence-electron chi connectivity index (χ0n) is 25.3. The Bertz CT molecular complexity index is 1660. The predicted molar refractivity (Wildman–Crippen MR) is 168 cm³/mol. The highest BCUT2D eigenvalue weighted by Crippen LogP contribution is 2.36. The summed E-state index contributed by atoms with van der Waals surface area (Å²) in [5, 5.41) is 5.67. The first-order valence-electron chi connectivity index (χ1n) is 13.6. The SMILES string of the molecule is C=Cc1nc(-c2nc(OC)cc3ccccc23)c(F)c2nc(SC)nc(NCC(C)(CC)N(C)C(=O)OC(C)(C)C)c12. The number of pyridine rings is 2. The van der Waals surface area contributed by atoms with E-state index in [9.17, 15) is 4.79 Å². The molecule has 3 heterocycles. The monoisotopic (exact) mass is 592 g/mol. The third-order valence-corrected chi connectivity index (χ3v) is 7.74. The van der Waals surface area contributed by atoms with Crippen molar-refractivity contribution in [3.63, 3.8) is 0 Å². The van der Waals surface area contributed by atoms with Crippen molar-refractivity contribution < 1.29 is 18.7 Å². The molecule has 0 saturated carbocycles. The molecule has 9 nitrogen and oxygen atoms in total. The number of ether oxygens (including phenoxy) is 2. The molecule has 1 aromatic carbocycles. The van der Waals surface area contributed by atoms with Crippen LogP contribution in [0.5, 0.6) is 5.88 Å². The fraction of sp³-hybridized carbons (Fsp3) is 0.387. The average molecular weight is 593 g/mol. The molecule has 3 aromatic heterocycles. The lowest BCUT2D eigenvalue weighted by Gasteiger charge is -2.39. The molecule has 1 amide bonds. The maximum atomic E-state index is 16.5. The van der Waals surface area contributed by atoms with Gasteiger partial charge >= 0.3 is 6.09 Å². The van der Waals surface area contributed by atoms with Gasteiger partial charge in [-0.05, 0) is 51.8 Å². The molecule has 11 heteroatoms. The molecule has 0 aliphatic rings. The summed E-state index contributed by atoms with van der Waals surface area (Å²) in [6.45, 7) is 13.7. The molecule has 0 aliphatic heterocycles. The Kier molecular flexibility index (Phi) is 8.91. The lowest BCUT2D eigenvalue weighted by Crippen LogP contribution is -2.52. The molecule has 0 fully saturated rings. The topological polar surface area (TPSA) is 102 Å². The second-order valence-electron chi connectivity index (χ2n) is 11.1. The van der Waals surface area contributed by atoms with Crippen LogP contribution in [0.3, 0.4) is 0 Å². The van der Waals surface area contributed by atoms with Crippen molar-refractivity contribution in [1.82, 2.24) is 24.8 Å².